The third-order valence-electron chi connectivity index (χ3n) is 5.32. The van der Waals surface area contributed by atoms with Gasteiger partial charge in [-0.05, 0) is 28.8 Å². The lowest BCUT2D eigenvalue weighted by molar-refractivity contribution is 0.181. The third-order valence-corrected chi connectivity index (χ3v) is 7.27. The van der Waals surface area contributed by atoms with Gasteiger partial charge in [-0.1, -0.05) is 60.7 Å². The molecule has 0 aromatic heterocycles. The van der Waals surface area contributed by atoms with E-state index in [1.807, 2.05) is 18.2 Å². The van der Waals surface area contributed by atoms with Crippen LogP contribution in [0.5, 0.6) is 0 Å². The van der Waals surface area contributed by atoms with Gasteiger partial charge in [-0.2, -0.15) is 4.31 Å². The Hall–Kier alpha value is -2.61. The van der Waals surface area contributed by atoms with E-state index in [0.29, 0.717) is 19.6 Å². The normalized spacial score (nSPS) is 15.9. The van der Waals surface area contributed by atoms with Crippen LogP contribution in [0.15, 0.2) is 77.7 Å². The van der Waals surface area contributed by atoms with Gasteiger partial charge in [0.05, 0.1) is 0 Å². The summed E-state index contributed by atoms with van der Waals surface area (Å²) >= 11 is 0. The van der Waals surface area contributed by atoms with E-state index in [2.05, 4.69) is 41.3 Å². The molecular formula is C23H22F2N2O2S. The van der Waals surface area contributed by atoms with E-state index in [-0.39, 0.29) is 13.1 Å². The standard InChI is InChI=1S/C23H22F2N2O2S/c24-21-7-4-8-22(25)23(21)30(28,29)27-15-13-26(14-16-27)17-18-9-11-20(12-10-18)19-5-2-1-3-6-19/h1-12H,13-17H2. The minimum atomic E-state index is -4.20. The first-order valence-corrected chi connectivity index (χ1v) is 11.2. The lowest BCUT2D eigenvalue weighted by Crippen LogP contribution is -2.48. The van der Waals surface area contributed by atoms with Crippen LogP contribution in [-0.2, 0) is 16.6 Å². The second kappa shape index (κ2) is 8.63. The summed E-state index contributed by atoms with van der Waals surface area (Å²) in [6.07, 6.45) is 0. The van der Waals surface area contributed by atoms with E-state index in [4.69, 9.17) is 0 Å². The lowest BCUT2D eigenvalue weighted by Gasteiger charge is -2.34. The van der Waals surface area contributed by atoms with Crippen LogP contribution in [0.4, 0.5) is 8.78 Å². The average Bonchev–Trinajstić information content (AvgIpc) is 2.75. The summed E-state index contributed by atoms with van der Waals surface area (Å²) in [6, 6.07) is 21.5. The second-order valence-electron chi connectivity index (χ2n) is 7.29. The number of halogens is 2. The van der Waals surface area contributed by atoms with E-state index in [1.165, 1.54) is 0 Å². The Labute approximate surface area is 175 Å². The molecule has 30 heavy (non-hydrogen) atoms. The molecule has 0 N–H and O–H groups in total. The first-order chi connectivity index (χ1) is 14.4. The SMILES string of the molecule is O=S(=O)(c1c(F)cccc1F)N1CCN(Cc2ccc(-c3ccccc3)cc2)CC1. The summed E-state index contributed by atoms with van der Waals surface area (Å²) in [7, 11) is -4.20. The van der Waals surface area contributed by atoms with E-state index < -0.39 is 26.6 Å². The fraction of sp³-hybridized carbons (Fsp3) is 0.217. The number of benzene rings is 3. The first-order valence-electron chi connectivity index (χ1n) is 9.76. The van der Waals surface area contributed by atoms with Gasteiger partial charge in [0.2, 0.25) is 10.0 Å². The molecule has 0 atom stereocenters. The predicted molar refractivity (Wildman–Crippen MR) is 112 cm³/mol. The van der Waals surface area contributed by atoms with Crippen LogP contribution >= 0.6 is 0 Å². The zero-order valence-electron chi connectivity index (χ0n) is 16.3. The first kappa shape index (κ1) is 20.7. The maximum Gasteiger partial charge on any atom is 0.249 e. The van der Waals surface area contributed by atoms with Gasteiger partial charge in [-0.15, -0.1) is 0 Å². The van der Waals surface area contributed by atoms with Crippen LogP contribution < -0.4 is 0 Å². The number of piperazine rings is 1. The molecule has 1 fully saturated rings. The minimum Gasteiger partial charge on any atom is -0.296 e. The van der Waals surface area contributed by atoms with Crippen molar-refractivity contribution in [2.24, 2.45) is 0 Å². The summed E-state index contributed by atoms with van der Waals surface area (Å²) in [5, 5.41) is 0. The van der Waals surface area contributed by atoms with Crippen LogP contribution in [0.25, 0.3) is 11.1 Å². The highest BCUT2D eigenvalue weighted by molar-refractivity contribution is 7.89. The monoisotopic (exact) mass is 428 g/mol. The Morgan fingerprint density at radius 3 is 1.87 bits per heavy atom. The highest BCUT2D eigenvalue weighted by Gasteiger charge is 2.33. The van der Waals surface area contributed by atoms with Crippen LogP contribution in [-0.4, -0.2) is 43.8 Å². The minimum absolute atomic E-state index is 0.193. The molecular weight excluding hydrogens is 406 g/mol. The Morgan fingerprint density at radius 2 is 1.27 bits per heavy atom. The highest BCUT2D eigenvalue weighted by Crippen LogP contribution is 2.24. The molecule has 0 amide bonds. The molecule has 0 unspecified atom stereocenters. The molecule has 0 saturated carbocycles. The molecule has 0 radical (unpaired) electrons. The zero-order valence-corrected chi connectivity index (χ0v) is 17.2. The van der Waals surface area contributed by atoms with Crippen molar-refractivity contribution < 1.29 is 17.2 Å². The molecule has 1 aliphatic heterocycles. The van der Waals surface area contributed by atoms with Crippen molar-refractivity contribution in [2.45, 2.75) is 11.4 Å². The molecule has 0 bridgehead atoms. The van der Waals surface area contributed by atoms with E-state index in [9.17, 15) is 17.2 Å². The van der Waals surface area contributed by atoms with E-state index >= 15 is 0 Å². The van der Waals surface area contributed by atoms with Gasteiger partial charge in [-0.3, -0.25) is 4.90 Å². The number of sulfonamides is 1. The molecule has 4 rings (SSSR count). The van der Waals surface area contributed by atoms with Crippen molar-refractivity contribution in [3.05, 3.63) is 90.0 Å². The van der Waals surface area contributed by atoms with Crippen molar-refractivity contribution in [2.75, 3.05) is 26.2 Å². The Morgan fingerprint density at radius 1 is 0.700 bits per heavy atom. The fourth-order valence-corrected chi connectivity index (χ4v) is 5.21. The van der Waals surface area contributed by atoms with Crippen LogP contribution in [0, 0.1) is 11.6 Å². The summed E-state index contributed by atoms with van der Waals surface area (Å²) in [5.41, 5.74) is 3.43. The summed E-state index contributed by atoms with van der Waals surface area (Å²) < 4.78 is 54.5. The van der Waals surface area contributed by atoms with Gasteiger partial charge in [0, 0.05) is 32.7 Å². The molecule has 3 aromatic rings. The van der Waals surface area contributed by atoms with Crippen molar-refractivity contribution >= 4 is 10.0 Å². The number of nitrogens with zero attached hydrogens (tertiary/aromatic N) is 2. The Balaban J connectivity index is 1.39. The van der Waals surface area contributed by atoms with Crippen molar-refractivity contribution in [3.8, 4) is 11.1 Å². The highest BCUT2D eigenvalue weighted by atomic mass is 32.2. The summed E-state index contributed by atoms with van der Waals surface area (Å²) in [5.74, 6) is -2.12. The van der Waals surface area contributed by atoms with Crippen LogP contribution in [0.2, 0.25) is 0 Å². The maximum atomic E-state index is 14.0. The van der Waals surface area contributed by atoms with E-state index in [1.54, 1.807) is 0 Å². The number of hydrogen-bond donors (Lipinski definition) is 0. The molecule has 7 heteroatoms. The predicted octanol–water partition coefficient (Wildman–Crippen LogP) is 4.14. The van der Waals surface area contributed by atoms with Crippen molar-refractivity contribution in [1.82, 2.24) is 9.21 Å². The smallest absolute Gasteiger partial charge is 0.249 e. The van der Waals surface area contributed by atoms with Crippen molar-refractivity contribution in [1.29, 1.82) is 0 Å². The largest absolute Gasteiger partial charge is 0.296 e. The molecule has 3 aromatic carbocycles. The van der Waals surface area contributed by atoms with Gasteiger partial charge in [0.15, 0.2) is 4.90 Å². The average molecular weight is 429 g/mol. The number of hydrogen-bond acceptors (Lipinski definition) is 3. The summed E-state index contributed by atoms with van der Waals surface area (Å²) in [6.45, 7) is 2.07. The molecule has 0 spiro atoms. The van der Waals surface area contributed by atoms with Gasteiger partial charge < -0.3 is 0 Å². The fourth-order valence-electron chi connectivity index (χ4n) is 3.68. The van der Waals surface area contributed by atoms with Gasteiger partial charge >= 0.3 is 0 Å². The zero-order chi connectivity index (χ0) is 21.1. The Bertz CT molecular complexity index is 1090. The third kappa shape index (κ3) is 4.28. The summed E-state index contributed by atoms with van der Waals surface area (Å²) in [4.78, 5) is 1.27. The number of rotatable bonds is 5. The van der Waals surface area contributed by atoms with Gasteiger partial charge in [0.25, 0.3) is 0 Å². The lowest BCUT2D eigenvalue weighted by atomic mass is 10.0. The van der Waals surface area contributed by atoms with Crippen molar-refractivity contribution in [3.63, 3.8) is 0 Å². The molecule has 1 saturated heterocycles. The molecule has 4 nitrogen and oxygen atoms in total. The second-order valence-corrected chi connectivity index (χ2v) is 9.17. The molecule has 156 valence electrons. The van der Waals surface area contributed by atoms with Crippen LogP contribution in [0.1, 0.15) is 5.56 Å². The quantitative estimate of drug-likeness (QED) is 0.613. The van der Waals surface area contributed by atoms with Crippen LogP contribution in [0.3, 0.4) is 0 Å². The molecule has 0 aliphatic carbocycles. The van der Waals surface area contributed by atoms with Gasteiger partial charge in [0.1, 0.15) is 11.6 Å². The maximum absolute atomic E-state index is 14.0. The molecule has 1 aliphatic rings. The van der Waals surface area contributed by atoms with Gasteiger partial charge in [-0.25, -0.2) is 17.2 Å². The molecule has 1 heterocycles. The van der Waals surface area contributed by atoms with E-state index in [0.717, 1.165) is 39.2 Å². The Kier molecular flexibility index (Phi) is 5.94. The topological polar surface area (TPSA) is 40.6 Å².